The van der Waals surface area contributed by atoms with Crippen LogP contribution in [0.15, 0.2) is 46.9 Å². The zero-order valence-electron chi connectivity index (χ0n) is 10.7. The number of para-hydroxylation sites is 1. The first-order valence-electron chi connectivity index (χ1n) is 5.80. The van der Waals surface area contributed by atoms with Gasteiger partial charge in [-0.25, -0.2) is 0 Å². The standard InChI is InChI=1S/C15H13BrClNO/c1-10-6-3-4-9-13(10)18(2)15(19)11-7-5-8-12(16)14(11)17/h3-9H,1-2H3. The van der Waals surface area contributed by atoms with Crippen molar-refractivity contribution in [1.82, 2.24) is 0 Å². The number of anilines is 1. The van der Waals surface area contributed by atoms with Gasteiger partial charge in [-0.05, 0) is 46.6 Å². The first-order chi connectivity index (χ1) is 9.02. The van der Waals surface area contributed by atoms with Gasteiger partial charge < -0.3 is 4.90 Å². The van der Waals surface area contributed by atoms with Crippen molar-refractivity contribution >= 4 is 39.1 Å². The van der Waals surface area contributed by atoms with E-state index in [1.807, 2.05) is 37.3 Å². The minimum atomic E-state index is -0.124. The fourth-order valence-electron chi connectivity index (χ4n) is 1.90. The van der Waals surface area contributed by atoms with E-state index in [1.165, 1.54) is 0 Å². The summed E-state index contributed by atoms with van der Waals surface area (Å²) in [5, 5.41) is 0.438. The van der Waals surface area contributed by atoms with E-state index in [2.05, 4.69) is 15.9 Å². The lowest BCUT2D eigenvalue weighted by Gasteiger charge is -2.20. The van der Waals surface area contributed by atoms with E-state index >= 15 is 0 Å². The van der Waals surface area contributed by atoms with Crippen molar-refractivity contribution in [3.8, 4) is 0 Å². The second kappa shape index (κ2) is 5.76. The highest BCUT2D eigenvalue weighted by Crippen LogP contribution is 2.28. The molecule has 0 aliphatic carbocycles. The Hall–Kier alpha value is -1.32. The number of carbonyl (C=O) groups is 1. The van der Waals surface area contributed by atoms with Gasteiger partial charge in [-0.3, -0.25) is 4.79 Å². The van der Waals surface area contributed by atoms with Crippen LogP contribution in [0.2, 0.25) is 5.02 Å². The summed E-state index contributed by atoms with van der Waals surface area (Å²) < 4.78 is 0.721. The van der Waals surface area contributed by atoms with Crippen LogP contribution in [0.1, 0.15) is 15.9 Å². The van der Waals surface area contributed by atoms with Crippen LogP contribution in [0, 0.1) is 6.92 Å². The Labute approximate surface area is 126 Å². The molecule has 0 fully saturated rings. The van der Waals surface area contributed by atoms with Crippen LogP contribution in [-0.4, -0.2) is 13.0 Å². The topological polar surface area (TPSA) is 20.3 Å². The highest BCUT2D eigenvalue weighted by atomic mass is 79.9. The van der Waals surface area contributed by atoms with E-state index in [0.717, 1.165) is 15.7 Å². The number of rotatable bonds is 2. The number of hydrogen-bond acceptors (Lipinski definition) is 1. The molecule has 0 radical (unpaired) electrons. The monoisotopic (exact) mass is 337 g/mol. The van der Waals surface area contributed by atoms with Gasteiger partial charge in [0.2, 0.25) is 0 Å². The summed E-state index contributed by atoms with van der Waals surface area (Å²) in [6, 6.07) is 13.1. The third-order valence-electron chi connectivity index (χ3n) is 2.96. The predicted molar refractivity (Wildman–Crippen MR) is 83.1 cm³/mol. The molecule has 2 rings (SSSR count). The predicted octanol–water partition coefficient (Wildman–Crippen LogP) is 4.69. The molecule has 98 valence electrons. The number of halogens is 2. The maximum atomic E-state index is 12.5. The van der Waals surface area contributed by atoms with Gasteiger partial charge in [0.15, 0.2) is 0 Å². The molecule has 0 saturated heterocycles. The summed E-state index contributed by atoms with van der Waals surface area (Å²) in [5.74, 6) is -0.124. The Morgan fingerprint density at radius 2 is 1.84 bits per heavy atom. The van der Waals surface area contributed by atoms with Gasteiger partial charge in [0.1, 0.15) is 0 Å². The van der Waals surface area contributed by atoms with E-state index in [-0.39, 0.29) is 5.91 Å². The fourth-order valence-corrected chi connectivity index (χ4v) is 2.47. The molecule has 0 atom stereocenters. The average molecular weight is 339 g/mol. The third-order valence-corrected chi connectivity index (χ3v) is 4.26. The molecule has 0 saturated carbocycles. The van der Waals surface area contributed by atoms with Crippen LogP contribution in [0.25, 0.3) is 0 Å². The van der Waals surface area contributed by atoms with Crippen LogP contribution in [-0.2, 0) is 0 Å². The van der Waals surface area contributed by atoms with Crippen LogP contribution >= 0.6 is 27.5 Å². The van der Waals surface area contributed by atoms with Gasteiger partial charge in [0.05, 0.1) is 10.6 Å². The highest BCUT2D eigenvalue weighted by Gasteiger charge is 2.18. The van der Waals surface area contributed by atoms with E-state index in [0.29, 0.717) is 10.6 Å². The smallest absolute Gasteiger partial charge is 0.259 e. The first kappa shape index (κ1) is 14.1. The van der Waals surface area contributed by atoms with Crippen LogP contribution in [0.5, 0.6) is 0 Å². The quantitative estimate of drug-likeness (QED) is 0.778. The highest BCUT2D eigenvalue weighted by molar-refractivity contribution is 9.10. The summed E-state index contributed by atoms with van der Waals surface area (Å²) in [7, 11) is 1.75. The molecule has 2 aromatic carbocycles. The third kappa shape index (κ3) is 2.82. The minimum Gasteiger partial charge on any atom is -0.311 e. The van der Waals surface area contributed by atoms with Crippen molar-refractivity contribution in [2.45, 2.75) is 6.92 Å². The van der Waals surface area contributed by atoms with Gasteiger partial charge in [-0.15, -0.1) is 0 Å². The maximum Gasteiger partial charge on any atom is 0.259 e. The minimum absolute atomic E-state index is 0.124. The summed E-state index contributed by atoms with van der Waals surface area (Å²) in [6.07, 6.45) is 0. The molecule has 0 bridgehead atoms. The van der Waals surface area contributed by atoms with Gasteiger partial charge in [-0.1, -0.05) is 35.9 Å². The lowest BCUT2D eigenvalue weighted by atomic mass is 10.1. The molecule has 2 aromatic rings. The first-order valence-corrected chi connectivity index (χ1v) is 6.97. The lowest BCUT2D eigenvalue weighted by molar-refractivity contribution is 0.0993. The maximum absolute atomic E-state index is 12.5. The molecule has 1 amide bonds. The van der Waals surface area contributed by atoms with Crippen LogP contribution < -0.4 is 4.90 Å². The molecule has 0 unspecified atom stereocenters. The Morgan fingerprint density at radius 3 is 2.53 bits per heavy atom. The largest absolute Gasteiger partial charge is 0.311 e. The molecule has 0 heterocycles. The number of benzene rings is 2. The molecular formula is C15H13BrClNO. The second-order valence-electron chi connectivity index (χ2n) is 4.25. The lowest BCUT2D eigenvalue weighted by Crippen LogP contribution is -2.27. The van der Waals surface area contributed by atoms with Crippen LogP contribution in [0.4, 0.5) is 5.69 Å². The summed E-state index contributed by atoms with van der Waals surface area (Å²) >= 11 is 9.50. The van der Waals surface area contributed by atoms with Gasteiger partial charge in [0, 0.05) is 17.2 Å². The number of amides is 1. The summed E-state index contributed by atoms with van der Waals surface area (Å²) in [5.41, 5.74) is 2.41. The molecule has 4 heteroatoms. The molecule has 2 nitrogen and oxygen atoms in total. The van der Waals surface area contributed by atoms with Crippen molar-refractivity contribution < 1.29 is 4.79 Å². The number of nitrogens with zero attached hydrogens (tertiary/aromatic N) is 1. The molecule has 0 aliphatic rings. The number of carbonyl (C=O) groups excluding carboxylic acids is 1. The average Bonchev–Trinajstić information content (AvgIpc) is 2.41. The van der Waals surface area contributed by atoms with E-state index in [4.69, 9.17) is 11.6 Å². The van der Waals surface area contributed by atoms with Gasteiger partial charge >= 0.3 is 0 Å². The SMILES string of the molecule is Cc1ccccc1N(C)C(=O)c1cccc(Br)c1Cl. The Bertz CT molecular complexity index is 627. The zero-order chi connectivity index (χ0) is 14.0. The van der Waals surface area contributed by atoms with Crippen molar-refractivity contribution in [3.63, 3.8) is 0 Å². The van der Waals surface area contributed by atoms with Gasteiger partial charge in [-0.2, -0.15) is 0 Å². The molecular weight excluding hydrogens is 326 g/mol. The molecule has 0 aromatic heterocycles. The molecule has 0 N–H and O–H groups in total. The van der Waals surface area contributed by atoms with E-state index in [1.54, 1.807) is 24.1 Å². The van der Waals surface area contributed by atoms with E-state index < -0.39 is 0 Å². The number of aryl methyl sites for hydroxylation is 1. The Morgan fingerprint density at radius 1 is 1.16 bits per heavy atom. The number of hydrogen-bond donors (Lipinski definition) is 0. The van der Waals surface area contributed by atoms with Crippen LogP contribution in [0.3, 0.4) is 0 Å². The van der Waals surface area contributed by atoms with Gasteiger partial charge in [0.25, 0.3) is 5.91 Å². The Balaban J connectivity index is 2.40. The van der Waals surface area contributed by atoms with Crippen molar-refractivity contribution in [1.29, 1.82) is 0 Å². The van der Waals surface area contributed by atoms with Crippen molar-refractivity contribution in [2.75, 3.05) is 11.9 Å². The Kier molecular flexibility index (Phi) is 4.27. The molecule has 0 aliphatic heterocycles. The molecule has 0 spiro atoms. The zero-order valence-corrected chi connectivity index (χ0v) is 13.0. The van der Waals surface area contributed by atoms with Crippen molar-refractivity contribution in [2.24, 2.45) is 0 Å². The molecule has 19 heavy (non-hydrogen) atoms. The van der Waals surface area contributed by atoms with Crippen molar-refractivity contribution in [3.05, 3.63) is 63.1 Å². The second-order valence-corrected chi connectivity index (χ2v) is 5.48. The summed E-state index contributed by atoms with van der Waals surface area (Å²) in [4.78, 5) is 14.1. The fraction of sp³-hybridized carbons (Fsp3) is 0.133. The van der Waals surface area contributed by atoms with E-state index in [9.17, 15) is 4.79 Å². The summed E-state index contributed by atoms with van der Waals surface area (Å²) in [6.45, 7) is 1.97. The normalized spacial score (nSPS) is 10.3.